The molecule has 3 fully saturated rings. The Balaban J connectivity index is 1.93. The Hall–Kier alpha value is -2.95. The van der Waals surface area contributed by atoms with Crippen molar-refractivity contribution in [2.75, 3.05) is 34.7 Å². The van der Waals surface area contributed by atoms with Gasteiger partial charge in [-0.05, 0) is 71.8 Å². The maximum absolute atomic E-state index is 14.2. The van der Waals surface area contributed by atoms with Gasteiger partial charge in [0, 0.05) is 28.2 Å². The molecule has 0 radical (unpaired) electrons. The van der Waals surface area contributed by atoms with Crippen LogP contribution in [0.15, 0.2) is 11.8 Å². The van der Waals surface area contributed by atoms with Crippen molar-refractivity contribution in [2.24, 2.45) is 5.92 Å². The molecule has 11 heteroatoms. The number of esters is 1. The molecule has 230 valence electrons. The summed E-state index contributed by atoms with van der Waals surface area (Å²) in [4.78, 5) is 71.4. The maximum Gasteiger partial charge on any atom is 0.333 e. The van der Waals surface area contributed by atoms with E-state index in [4.69, 9.17) is 4.74 Å². The Labute approximate surface area is 244 Å². The minimum Gasteiger partial charge on any atom is -0.457 e. The van der Waals surface area contributed by atoms with E-state index in [1.807, 2.05) is 0 Å². The molecule has 11 nitrogen and oxygen atoms in total. The number of carbonyl (C=O) groups is 5. The van der Waals surface area contributed by atoms with Gasteiger partial charge in [0.2, 0.25) is 17.7 Å². The van der Waals surface area contributed by atoms with Crippen LogP contribution < -0.4 is 10.6 Å². The molecule has 2 saturated carbocycles. The number of hydrogen-bond donors (Lipinski definition) is 2. The van der Waals surface area contributed by atoms with Gasteiger partial charge in [-0.25, -0.2) is 4.79 Å². The molecule has 1 heterocycles. The fraction of sp³-hybridized carbons (Fsp3) is 0.767. The van der Waals surface area contributed by atoms with Crippen molar-refractivity contribution < 1.29 is 28.7 Å². The molecule has 0 unspecified atom stereocenters. The fourth-order valence-corrected chi connectivity index (χ4v) is 6.31. The normalized spacial score (nSPS) is 21.7. The highest BCUT2D eigenvalue weighted by atomic mass is 16.6. The van der Waals surface area contributed by atoms with Crippen LogP contribution >= 0.6 is 0 Å². The van der Waals surface area contributed by atoms with E-state index in [0.29, 0.717) is 12.8 Å². The van der Waals surface area contributed by atoms with Crippen LogP contribution in [0.5, 0.6) is 0 Å². The number of hydrogen-bond acceptors (Lipinski definition) is 7. The lowest BCUT2D eigenvalue weighted by molar-refractivity contribution is -0.151. The first-order valence-corrected chi connectivity index (χ1v) is 14.9. The summed E-state index contributed by atoms with van der Waals surface area (Å²) in [5, 5.41) is 6.28. The lowest BCUT2D eigenvalue weighted by Gasteiger charge is -2.40. The molecule has 0 aromatic heterocycles. The van der Waals surface area contributed by atoms with Crippen LogP contribution in [0.3, 0.4) is 0 Å². The molecular formula is C30H49N5O6. The van der Waals surface area contributed by atoms with Crippen molar-refractivity contribution in [1.82, 2.24) is 25.3 Å². The quantitative estimate of drug-likeness (QED) is 0.318. The molecule has 4 amide bonds. The predicted octanol–water partition coefficient (Wildman–Crippen LogP) is 1.96. The number of rotatable bonds is 9. The molecule has 1 saturated heterocycles. The minimum absolute atomic E-state index is 0.109. The number of nitrogens with one attached hydrogen (secondary N) is 2. The van der Waals surface area contributed by atoms with Crippen LogP contribution in [0.4, 0.5) is 0 Å². The first-order chi connectivity index (χ1) is 19.2. The second kappa shape index (κ2) is 13.4. The highest BCUT2D eigenvalue weighted by Gasteiger charge is 2.49. The lowest BCUT2D eigenvalue weighted by atomic mass is 9.90. The molecule has 3 rings (SSSR count). The summed E-state index contributed by atoms with van der Waals surface area (Å²) in [5.41, 5.74) is -1.98. The van der Waals surface area contributed by atoms with E-state index in [1.54, 1.807) is 41.9 Å². The number of ether oxygens (including phenoxy) is 1. The molecule has 0 bridgehead atoms. The van der Waals surface area contributed by atoms with Crippen LogP contribution in [0, 0.1) is 5.92 Å². The summed E-state index contributed by atoms with van der Waals surface area (Å²) in [7, 11) is 6.17. The summed E-state index contributed by atoms with van der Waals surface area (Å²) in [5.74, 6) is -2.29. The molecule has 0 aromatic carbocycles. The minimum atomic E-state index is -1.07. The Bertz CT molecular complexity index is 1030. The molecule has 0 spiro atoms. The Kier molecular flexibility index (Phi) is 10.6. The molecule has 2 aliphatic carbocycles. The molecule has 2 N–H and O–H groups in total. The standard InChI is InChI=1S/C30H49N5O6/c1-29(2,3)41-23(36)19-22(26(38)33(4)5)34(6)27(39)24(20-13-8-9-14-20)35(7)28(40)30(16-10-11-17-30)32-25(37)21-15-12-18-31-21/h19-21,24,31H,8-18H2,1-7H3,(H,32,37)/b22-19+/t21-,24-/m0/s1. The Morgan fingerprint density at radius 3 is 2.05 bits per heavy atom. The largest absolute Gasteiger partial charge is 0.457 e. The predicted molar refractivity (Wildman–Crippen MR) is 154 cm³/mol. The Morgan fingerprint density at radius 2 is 1.54 bits per heavy atom. The van der Waals surface area contributed by atoms with E-state index < -0.39 is 35.0 Å². The van der Waals surface area contributed by atoms with E-state index in [9.17, 15) is 24.0 Å². The van der Waals surface area contributed by atoms with Crippen LogP contribution in [0.1, 0.15) is 85.0 Å². The summed E-state index contributed by atoms with van der Waals surface area (Å²) in [6.45, 7) is 5.93. The molecule has 3 aliphatic rings. The third kappa shape index (κ3) is 7.87. The first kappa shape index (κ1) is 32.6. The molecule has 0 aromatic rings. The van der Waals surface area contributed by atoms with Gasteiger partial charge in [-0.3, -0.25) is 19.2 Å². The molecule has 2 atom stereocenters. The van der Waals surface area contributed by atoms with Gasteiger partial charge < -0.3 is 30.1 Å². The van der Waals surface area contributed by atoms with Crippen molar-refractivity contribution in [3.05, 3.63) is 11.8 Å². The van der Waals surface area contributed by atoms with Crippen LogP contribution in [0.25, 0.3) is 0 Å². The van der Waals surface area contributed by atoms with Gasteiger partial charge >= 0.3 is 5.97 Å². The zero-order valence-corrected chi connectivity index (χ0v) is 25.9. The van der Waals surface area contributed by atoms with Crippen molar-refractivity contribution in [3.8, 4) is 0 Å². The lowest BCUT2D eigenvalue weighted by Crippen LogP contribution is -2.63. The average molecular weight is 576 g/mol. The monoisotopic (exact) mass is 575 g/mol. The summed E-state index contributed by atoms with van der Waals surface area (Å²) in [6, 6.07) is -1.17. The summed E-state index contributed by atoms with van der Waals surface area (Å²) in [6.07, 6.45) is 8.73. The maximum atomic E-state index is 14.2. The second-order valence-corrected chi connectivity index (χ2v) is 13.0. The summed E-state index contributed by atoms with van der Waals surface area (Å²) >= 11 is 0. The number of nitrogens with zero attached hydrogens (tertiary/aromatic N) is 3. The number of amides is 4. The summed E-state index contributed by atoms with van der Waals surface area (Å²) < 4.78 is 5.40. The highest BCUT2D eigenvalue weighted by Crippen LogP contribution is 2.36. The van der Waals surface area contributed by atoms with E-state index in [1.165, 1.54) is 21.7 Å². The van der Waals surface area contributed by atoms with Gasteiger partial charge in [0.05, 0.1) is 12.1 Å². The Morgan fingerprint density at radius 1 is 0.927 bits per heavy atom. The van der Waals surface area contributed by atoms with Gasteiger partial charge in [-0.1, -0.05) is 25.7 Å². The van der Waals surface area contributed by atoms with Gasteiger partial charge in [-0.15, -0.1) is 0 Å². The van der Waals surface area contributed by atoms with Crippen LogP contribution in [-0.2, 0) is 28.7 Å². The molecule has 41 heavy (non-hydrogen) atoms. The van der Waals surface area contributed by atoms with Crippen molar-refractivity contribution in [1.29, 1.82) is 0 Å². The zero-order valence-electron chi connectivity index (χ0n) is 25.9. The highest BCUT2D eigenvalue weighted by molar-refractivity contribution is 6.03. The van der Waals surface area contributed by atoms with Crippen molar-refractivity contribution >= 4 is 29.6 Å². The number of carbonyl (C=O) groups excluding carboxylic acids is 5. The SMILES string of the molecule is CN(C)C(=O)/C(=C\C(=O)OC(C)(C)C)N(C)C(=O)[C@H](C1CCCC1)N(C)C(=O)C1(NC(=O)[C@@H]2CCCN2)CCCC1. The third-order valence-corrected chi connectivity index (χ3v) is 8.42. The van der Waals surface area contributed by atoms with E-state index in [-0.39, 0.29) is 29.5 Å². The van der Waals surface area contributed by atoms with Gasteiger partial charge in [-0.2, -0.15) is 0 Å². The first-order valence-electron chi connectivity index (χ1n) is 14.9. The van der Waals surface area contributed by atoms with Crippen LogP contribution in [-0.4, -0.2) is 102 Å². The third-order valence-electron chi connectivity index (χ3n) is 8.42. The van der Waals surface area contributed by atoms with Gasteiger partial charge in [0.25, 0.3) is 5.91 Å². The van der Waals surface area contributed by atoms with Crippen LogP contribution in [0.2, 0.25) is 0 Å². The average Bonchev–Trinajstić information content (AvgIpc) is 3.68. The van der Waals surface area contributed by atoms with Crippen molar-refractivity contribution in [2.45, 2.75) is 108 Å². The van der Waals surface area contributed by atoms with E-state index in [2.05, 4.69) is 10.6 Å². The molecular weight excluding hydrogens is 526 g/mol. The fourth-order valence-electron chi connectivity index (χ4n) is 6.31. The molecule has 1 aliphatic heterocycles. The van der Waals surface area contributed by atoms with Gasteiger partial charge in [0.15, 0.2) is 0 Å². The van der Waals surface area contributed by atoms with E-state index >= 15 is 0 Å². The van der Waals surface area contributed by atoms with Crippen molar-refractivity contribution in [3.63, 3.8) is 0 Å². The van der Waals surface area contributed by atoms with Gasteiger partial charge in [0.1, 0.15) is 22.9 Å². The van der Waals surface area contributed by atoms with E-state index in [0.717, 1.165) is 64.0 Å². The zero-order chi connectivity index (χ0) is 30.5. The topological polar surface area (TPSA) is 128 Å². The number of likely N-dealkylation sites (N-methyl/N-ethyl adjacent to an activating group) is 3. The second-order valence-electron chi connectivity index (χ2n) is 13.0. The smallest absolute Gasteiger partial charge is 0.333 e.